The van der Waals surface area contributed by atoms with Crippen LogP contribution in [0.1, 0.15) is 18.4 Å². The smallest absolute Gasteiger partial charge is 0.172 e. The largest absolute Gasteiger partial charge is 0.364 e. The van der Waals surface area contributed by atoms with Gasteiger partial charge in [-0.3, -0.25) is 4.90 Å². The number of nitrogens with zero attached hydrogens (tertiary/aromatic N) is 4. The SMILES string of the molecule is Fc1ccc(CN2CCN(c3nc4ccccc4nc3NC3CC3)CC2)cc1. The summed E-state index contributed by atoms with van der Waals surface area (Å²) in [6, 6.07) is 15.4. The van der Waals surface area contributed by atoms with Gasteiger partial charge in [-0.2, -0.15) is 0 Å². The molecule has 6 heteroatoms. The van der Waals surface area contributed by atoms with E-state index < -0.39 is 0 Å². The van der Waals surface area contributed by atoms with Crippen molar-refractivity contribution in [1.82, 2.24) is 14.9 Å². The highest BCUT2D eigenvalue weighted by Crippen LogP contribution is 2.31. The second-order valence-electron chi connectivity index (χ2n) is 7.69. The van der Waals surface area contributed by atoms with E-state index in [-0.39, 0.29) is 5.82 Å². The molecule has 5 rings (SSSR count). The number of para-hydroxylation sites is 2. The topological polar surface area (TPSA) is 44.3 Å². The molecule has 2 aliphatic rings. The molecular weight excluding hydrogens is 353 g/mol. The minimum absolute atomic E-state index is 0.181. The lowest BCUT2D eigenvalue weighted by Gasteiger charge is -2.36. The first-order chi connectivity index (χ1) is 13.7. The van der Waals surface area contributed by atoms with Gasteiger partial charge in [0.1, 0.15) is 5.82 Å². The van der Waals surface area contributed by atoms with Gasteiger partial charge in [0, 0.05) is 38.8 Å². The van der Waals surface area contributed by atoms with Crippen molar-refractivity contribution in [2.45, 2.75) is 25.4 Å². The van der Waals surface area contributed by atoms with Crippen LogP contribution >= 0.6 is 0 Å². The van der Waals surface area contributed by atoms with Crippen LogP contribution in [0.25, 0.3) is 11.0 Å². The summed E-state index contributed by atoms with van der Waals surface area (Å²) in [5.41, 5.74) is 3.02. The van der Waals surface area contributed by atoms with E-state index >= 15 is 0 Å². The molecule has 0 bridgehead atoms. The van der Waals surface area contributed by atoms with Gasteiger partial charge in [-0.05, 0) is 42.7 Å². The first-order valence-corrected chi connectivity index (χ1v) is 10.00. The van der Waals surface area contributed by atoms with Gasteiger partial charge >= 0.3 is 0 Å². The minimum atomic E-state index is -0.181. The Kier molecular flexibility index (Phi) is 4.56. The van der Waals surface area contributed by atoms with Gasteiger partial charge in [-0.25, -0.2) is 14.4 Å². The van der Waals surface area contributed by atoms with Crippen LogP contribution in [-0.4, -0.2) is 47.1 Å². The maximum absolute atomic E-state index is 13.1. The van der Waals surface area contributed by atoms with E-state index in [1.54, 1.807) is 0 Å². The van der Waals surface area contributed by atoms with Crippen molar-refractivity contribution in [3.05, 3.63) is 59.9 Å². The maximum atomic E-state index is 13.1. The number of anilines is 2. The van der Waals surface area contributed by atoms with Gasteiger partial charge in [0.15, 0.2) is 11.6 Å². The molecule has 3 aromatic rings. The zero-order valence-electron chi connectivity index (χ0n) is 15.8. The van der Waals surface area contributed by atoms with Crippen LogP contribution < -0.4 is 10.2 Å². The molecule has 1 aromatic heterocycles. The van der Waals surface area contributed by atoms with E-state index in [0.29, 0.717) is 6.04 Å². The zero-order chi connectivity index (χ0) is 18.9. The first-order valence-electron chi connectivity index (χ1n) is 10.00. The Hall–Kier alpha value is -2.73. The summed E-state index contributed by atoms with van der Waals surface area (Å²) in [4.78, 5) is 14.5. The third-order valence-corrected chi connectivity index (χ3v) is 5.46. The van der Waals surface area contributed by atoms with E-state index in [1.807, 2.05) is 36.4 Å². The summed E-state index contributed by atoms with van der Waals surface area (Å²) in [7, 11) is 0. The van der Waals surface area contributed by atoms with Gasteiger partial charge in [0.25, 0.3) is 0 Å². The number of piperazine rings is 1. The van der Waals surface area contributed by atoms with Crippen LogP contribution in [-0.2, 0) is 6.54 Å². The molecule has 1 aliphatic carbocycles. The minimum Gasteiger partial charge on any atom is -0.364 e. The predicted molar refractivity (Wildman–Crippen MR) is 110 cm³/mol. The Labute approximate surface area is 164 Å². The van der Waals surface area contributed by atoms with Gasteiger partial charge in [0.05, 0.1) is 11.0 Å². The molecule has 5 nitrogen and oxygen atoms in total. The number of benzene rings is 2. The Bertz CT molecular complexity index is 962. The van der Waals surface area contributed by atoms with Gasteiger partial charge < -0.3 is 10.2 Å². The Morgan fingerprint density at radius 1 is 0.893 bits per heavy atom. The molecule has 2 aromatic carbocycles. The maximum Gasteiger partial charge on any atom is 0.172 e. The molecule has 0 atom stereocenters. The predicted octanol–water partition coefficient (Wildman–Crippen LogP) is 3.67. The van der Waals surface area contributed by atoms with E-state index in [9.17, 15) is 4.39 Å². The average molecular weight is 377 g/mol. The van der Waals surface area contributed by atoms with Crippen LogP contribution in [0.3, 0.4) is 0 Å². The van der Waals surface area contributed by atoms with E-state index in [1.165, 1.54) is 25.0 Å². The fourth-order valence-electron chi connectivity index (χ4n) is 3.69. The zero-order valence-corrected chi connectivity index (χ0v) is 15.8. The second kappa shape index (κ2) is 7.36. The van der Waals surface area contributed by atoms with Crippen molar-refractivity contribution >= 4 is 22.7 Å². The summed E-state index contributed by atoms with van der Waals surface area (Å²) in [6.45, 7) is 4.58. The molecule has 28 heavy (non-hydrogen) atoms. The Morgan fingerprint density at radius 2 is 1.57 bits per heavy atom. The van der Waals surface area contributed by atoms with Crippen LogP contribution in [0.4, 0.5) is 16.0 Å². The quantitative estimate of drug-likeness (QED) is 0.735. The third kappa shape index (κ3) is 3.78. The third-order valence-electron chi connectivity index (χ3n) is 5.46. The molecule has 2 fully saturated rings. The summed E-state index contributed by atoms with van der Waals surface area (Å²) in [5, 5.41) is 3.57. The highest BCUT2D eigenvalue weighted by atomic mass is 19.1. The number of aromatic nitrogens is 2. The average Bonchev–Trinajstić information content (AvgIpc) is 3.54. The lowest BCUT2D eigenvalue weighted by atomic mass is 10.2. The number of hydrogen-bond acceptors (Lipinski definition) is 5. The molecule has 0 unspecified atom stereocenters. The van der Waals surface area contributed by atoms with Crippen LogP contribution in [0.2, 0.25) is 0 Å². The Morgan fingerprint density at radius 3 is 2.25 bits per heavy atom. The summed E-state index contributed by atoms with van der Waals surface area (Å²) in [6.07, 6.45) is 2.42. The monoisotopic (exact) mass is 377 g/mol. The normalized spacial score (nSPS) is 17.8. The van der Waals surface area contributed by atoms with Gasteiger partial charge in [-0.15, -0.1) is 0 Å². The van der Waals surface area contributed by atoms with Crippen molar-refractivity contribution in [1.29, 1.82) is 0 Å². The molecule has 0 spiro atoms. The van der Waals surface area contributed by atoms with Crippen molar-refractivity contribution in [3.8, 4) is 0 Å². The Balaban J connectivity index is 1.32. The molecule has 2 heterocycles. The standard InChI is InChI=1S/C22H24FN5/c23-17-7-5-16(6-8-17)15-27-11-13-28(14-12-27)22-21(24-18-9-10-18)25-19-3-1-2-4-20(19)26-22/h1-8,18H,9-15H2,(H,24,25). The summed E-state index contributed by atoms with van der Waals surface area (Å²) < 4.78 is 13.1. The molecule has 1 saturated carbocycles. The number of hydrogen-bond donors (Lipinski definition) is 1. The summed E-state index contributed by atoms with van der Waals surface area (Å²) in [5.74, 6) is 1.69. The molecule has 1 aliphatic heterocycles. The number of nitrogens with one attached hydrogen (secondary N) is 1. The molecular formula is C22H24FN5. The molecule has 144 valence electrons. The van der Waals surface area contributed by atoms with E-state index in [2.05, 4.69) is 15.1 Å². The van der Waals surface area contributed by atoms with Crippen LogP contribution in [0.15, 0.2) is 48.5 Å². The lowest BCUT2D eigenvalue weighted by Crippen LogP contribution is -2.46. The van der Waals surface area contributed by atoms with Gasteiger partial charge in [0.2, 0.25) is 0 Å². The number of rotatable bonds is 5. The highest BCUT2D eigenvalue weighted by molar-refractivity contribution is 5.80. The van der Waals surface area contributed by atoms with E-state index in [4.69, 9.17) is 9.97 Å². The van der Waals surface area contributed by atoms with Crippen molar-refractivity contribution in [2.75, 3.05) is 36.4 Å². The van der Waals surface area contributed by atoms with Crippen molar-refractivity contribution in [3.63, 3.8) is 0 Å². The second-order valence-corrected chi connectivity index (χ2v) is 7.69. The van der Waals surface area contributed by atoms with Crippen molar-refractivity contribution < 1.29 is 4.39 Å². The lowest BCUT2D eigenvalue weighted by molar-refractivity contribution is 0.249. The summed E-state index contributed by atoms with van der Waals surface area (Å²) >= 11 is 0. The molecule has 1 N–H and O–H groups in total. The van der Waals surface area contributed by atoms with Crippen LogP contribution in [0, 0.1) is 5.82 Å². The van der Waals surface area contributed by atoms with Crippen LogP contribution in [0.5, 0.6) is 0 Å². The number of halogens is 1. The molecule has 1 saturated heterocycles. The highest BCUT2D eigenvalue weighted by Gasteiger charge is 2.26. The first kappa shape index (κ1) is 17.4. The molecule has 0 amide bonds. The van der Waals surface area contributed by atoms with E-state index in [0.717, 1.165) is 61.0 Å². The fraction of sp³-hybridized carbons (Fsp3) is 0.364. The number of fused-ring (bicyclic) bond motifs is 1. The van der Waals surface area contributed by atoms with Crippen molar-refractivity contribution in [2.24, 2.45) is 0 Å². The molecule has 0 radical (unpaired) electrons. The van der Waals surface area contributed by atoms with Gasteiger partial charge in [-0.1, -0.05) is 24.3 Å². The fourth-order valence-corrected chi connectivity index (χ4v) is 3.69.